The Bertz CT molecular complexity index is 690. The molecule has 1 aliphatic heterocycles. The lowest BCUT2D eigenvalue weighted by molar-refractivity contribution is 0.144. The lowest BCUT2D eigenvalue weighted by atomic mass is 9.78. The first kappa shape index (κ1) is 27.0. The van der Waals surface area contributed by atoms with Crippen LogP contribution in [0, 0.1) is 11.8 Å². The maximum Gasteiger partial charge on any atom is 0.317 e. The SMILES string of the molecule is COCCCC[C@@H](c1ccccc1)[C@@H]1CCCN(C(=O)N[C@@H](CC2CCCCC2)CN(C)C)C1. The van der Waals surface area contributed by atoms with E-state index >= 15 is 0 Å². The van der Waals surface area contributed by atoms with E-state index in [0.717, 1.165) is 51.4 Å². The highest BCUT2D eigenvalue weighted by Gasteiger charge is 2.31. The Labute approximate surface area is 208 Å². The molecule has 5 heteroatoms. The number of methoxy groups -OCH3 is 1. The number of carbonyl (C=O) groups is 1. The number of carbonyl (C=O) groups excluding carboxylic acids is 1. The van der Waals surface area contributed by atoms with Crippen molar-refractivity contribution in [2.24, 2.45) is 11.8 Å². The lowest BCUT2D eigenvalue weighted by Gasteiger charge is -2.38. The third-order valence-electron chi connectivity index (χ3n) is 7.91. The van der Waals surface area contributed by atoms with E-state index in [1.165, 1.54) is 56.9 Å². The summed E-state index contributed by atoms with van der Waals surface area (Å²) in [5.41, 5.74) is 1.43. The van der Waals surface area contributed by atoms with Gasteiger partial charge in [-0.2, -0.15) is 0 Å². The first-order chi connectivity index (χ1) is 16.6. The van der Waals surface area contributed by atoms with Gasteiger partial charge in [-0.15, -0.1) is 0 Å². The largest absolute Gasteiger partial charge is 0.385 e. The molecule has 0 unspecified atom stereocenters. The molecular weight excluding hydrogens is 422 g/mol. The van der Waals surface area contributed by atoms with Crippen molar-refractivity contribution < 1.29 is 9.53 Å². The van der Waals surface area contributed by atoms with Gasteiger partial charge in [-0.3, -0.25) is 0 Å². The molecule has 2 fully saturated rings. The van der Waals surface area contributed by atoms with Crippen LogP contribution in [0.2, 0.25) is 0 Å². The van der Waals surface area contributed by atoms with E-state index in [9.17, 15) is 4.79 Å². The molecule has 0 aromatic heterocycles. The summed E-state index contributed by atoms with van der Waals surface area (Å²) < 4.78 is 5.28. The third kappa shape index (κ3) is 8.88. The highest BCUT2D eigenvalue weighted by atomic mass is 16.5. The molecule has 1 N–H and O–H groups in total. The molecule has 3 rings (SSSR count). The Morgan fingerprint density at radius 1 is 1.09 bits per heavy atom. The van der Waals surface area contributed by atoms with Gasteiger partial charge in [-0.1, -0.05) is 68.9 Å². The number of rotatable bonds is 12. The Balaban J connectivity index is 1.61. The molecular formula is C29H49N3O2. The second-order valence-electron chi connectivity index (χ2n) is 11.0. The van der Waals surface area contributed by atoms with Crippen LogP contribution in [-0.4, -0.2) is 69.3 Å². The third-order valence-corrected chi connectivity index (χ3v) is 7.91. The molecule has 1 aromatic carbocycles. The van der Waals surface area contributed by atoms with Crippen molar-refractivity contribution in [3.63, 3.8) is 0 Å². The number of likely N-dealkylation sites (tertiary alicyclic amines) is 1. The molecule has 3 atom stereocenters. The van der Waals surface area contributed by atoms with Crippen LogP contribution in [0.5, 0.6) is 0 Å². The minimum atomic E-state index is 0.151. The maximum absolute atomic E-state index is 13.4. The van der Waals surface area contributed by atoms with Crippen molar-refractivity contribution in [1.82, 2.24) is 15.1 Å². The Kier molecular flexibility index (Phi) is 11.7. The van der Waals surface area contributed by atoms with E-state index in [1.54, 1.807) is 7.11 Å². The van der Waals surface area contributed by atoms with Crippen molar-refractivity contribution in [1.29, 1.82) is 0 Å². The molecule has 1 aliphatic carbocycles. The number of ether oxygens (including phenoxy) is 1. The fourth-order valence-electron chi connectivity index (χ4n) is 6.22. The summed E-state index contributed by atoms with van der Waals surface area (Å²) >= 11 is 0. The minimum Gasteiger partial charge on any atom is -0.385 e. The zero-order chi connectivity index (χ0) is 24.2. The number of piperidine rings is 1. The number of nitrogens with one attached hydrogen (secondary N) is 1. The standard InChI is InChI=1S/C29H49N3O2/c1-31(2)23-27(21-24-13-6-4-7-14-24)30-29(33)32-19-12-17-26(22-32)28(18-10-11-20-34-3)25-15-8-5-9-16-25/h5,8-9,15-16,24,26-28H,4,6-7,10-14,17-23H2,1-3H3,(H,30,33)/t26-,27+,28+/m1/s1. The van der Waals surface area contributed by atoms with Crippen LogP contribution >= 0.6 is 0 Å². The molecule has 5 nitrogen and oxygen atoms in total. The molecule has 192 valence electrons. The van der Waals surface area contributed by atoms with Gasteiger partial charge in [0.1, 0.15) is 0 Å². The van der Waals surface area contributed by atoms with Gasteiger partial charge in [0.15, 0.2) is 0 Å². The second kappa shape index (κ2) is 14.7. The summed E-state index contributed by atoms with van der Waals surface area (Å²) in [4.78, 5) is 17.7. The summed E-state index contributed by atoms with van der Waals surface area (Å²) in [6.45, 7) is 3.50. The van der Waals surface area contributed by atoms with Gasteiger partial charge in [0.25, 0.3) is 0 Å². The monoisotopic (exact) mass is 471 g/mol. The average molecular weight is 472 g/mol. The van der Waals surface area contributed by atoms with Gasteiger partial charge in [-0.05, 0) is 69.5 Å². The highest BCUT2D eigenvalue weighted by Crippen LogP contribution is 2.36. The van der Waals surface area contributed by atoms with Crippen molar-refractivity contribution in [3.8, 4) is 0 Å². The average Bonchev–Trinajstić information content (AvgIpc) is 2.85. The van der Waals surface area contributed by atoms with Crippen molar-refractivity contribution in [3.05, 3.63) is 35.9 Å². The molecule has 2 aliphatic rings. The number of hydrogen-bond acceptors (Lipinski definition) is 3. The van der Waals surface area contributed by atoms with Gasteiger partial charge in [0, 0.05) is 39.4 Å². The van der Waals surface area contributed by atoms with Gasteiger partial charge in [-0.25, -0.2) is 4.79 Å². The fraction of sp³-hybridized carbons (Fsp3) is 0.759. The topological polar surface area (TPSA) is 44.8 Å². The zero-order valence-electron chi connectivity index (χ0n) is 22.0. The molecule has 0 radical (unpaired) electrons. The first-order valence-electron chi connectivity index (χ1n) is 13.8. The number of hydrogen-bond donors (Lipinski definition) is 1. The van der Waals surface area contributed by atoms with Crippen LogP contribution in [0.1, 0.15) is 82.1 Å². The summed E-state index contributed by atoms with van der Waals surface area (Å²) in [7, 11) is 6.01. The Hall–Kier alpha value is -1.59. The van der Waals surface area contributed by atoms with Gasteiger partial charge < -0.3 is 19.9 Å². The number of amides is 2. The molecule has 0 bridgehead atoms. The normalized spacial score (nSPS) is 21.4. The van der Waals surface area contributed by atoms with Crippen LogP contribution in [0.4, 0.5) is 4.79 Å². The van der Waals surface area contributed by atoms with Crippen molar-refractivity contribution >= 4 is 6.03 Å². The summed E-state index contributed by atoms with van der Waals surface area (Å²) in [5.74, 6) is 1.80. The minimum absolute atomic E-state index is 0.151. The van der Waals surface area contributed by atoms with Crippen LogP contribution in [0.25, 0.3) is 0 Å². The summed E-state index contributed by atoms with van der Waals surface area (Å²) in [5, 5.41) is 3.45. The molecule has 34 heavy (non-hydrogen) atoms. The van der Waals surface area contributed by atoms with E-state index in [2.05, 4.69) is 59.5 Å². The molecule has 1 saturated heterocycles. The van der Waals surface area contributed by atoms with Gasteiger partial charge >= 0.3 is 6.03 Å². The maximum atomic E-state index is 13.4. The summed E-state index contributed by atoms with van der Waals surface area (Å²) in [6.07, 6.45) is 13.6. The number of unbranched alkanes of at least 4 members (excludes halogenated alkanes) is 1. The summed E-state index contributed by atoms with van der Waals surface area (Å²) in [6, 6.07) is 11.4. The van der Waals surface area contributed by atoms with Gasteiger partial charge in [0.2, 0.25) is 0 Å². The lowest BCUT2D eigenvalue weighted by Crippen LogP contribution is -2.52. The van der Waals surface area contributed by atoms with Crippen LogP contribution in [-0.2, 0) is 4.74 Å². The van der Waals surface area contributed by atoms with Crippen LogP contribution in [0.3, 0.4) is 0 Å². The Morgan fingerprint density at radius 3 is 2.56 bits per heavy atom. The number of nitrogens with zero attached hydrogens (tertiary/aromatic N) is 2. The Morgan fingerprint density at radius 2 is 1.85 bits per heavy atom. The zero-order valence-corrected chi connectivity index (χ0v) is 22.0. The predicted octanol–water partition coefficient (Wildman–Crippen LogP) is 5.91. The van der Waals surface area contributed by atoms with Gasteiger partial charge in [0.05, 0.1) is 0 Å². The molecule has 1 aromatic rings. The number of likely N-dealkylation sites (N-methyl/N-ethyl adjacent to an activating group) is 1. The van der Waals surface area contributed by atoms with E-state index in [0.29, 0.717) is 11.8 Å². The van der Waals surface area contributed by atoms with Crippen molar-refractivity contribution in [2.45, 2.75) is 82.6 Å². The van der Waals surface area contributed by atoms with E-state index in [1.807, 2.05) is 0 Å². The van der Waals surface area contributed by atoms with E-state index in [-0.39, 0.29) is 12.1 Å². The molecule has 1 saturated carbocycles. The second-order valence-corrected chi connectivity index (χ2v) is 11.0. The molecule has 1 heterocycles. The molecule has 2 amide bonds. The molecule has 0 spiro atoms. The number of urea groups is 1. The van der Waals surface area contributed by atoms with Crippen molar-refractivity contribution in [2.75, 3.05) is 47.4 Å². The van der Waals surface area contributed by atoms with E-state index < -0.39 is 0 Å². The highest BCUT2D eigenvalue weighted by molar-refractivity contribution is 5.74. The first-order valence-corrected chi connectivity index (χ1v) is 13.8. The predicted molar refractivity (Wildman–Crippen MR) is 141 cm³/mol. The van der Waals surface area contributed by atoms with Crippen LogP contribution in [0.15, 0.2) is 30.3 Å². The number of benzene rings is 1. The van der Waals surface area contributed by atoms with Crippen LogP contribution < -0.4 is 5.32 Å². The smallest absolute Gasteiger partial charge is 0.317 e. The quantitative estimate of drug-likeness (QED) is 0.386. The van der Waals surface area contributed by atoms with E-state index in [4.69, 9.17) is 4.74 Å². The fourth-order valence-corrected chi connectivity index (χ4v) is 6.22.